The molecule has 0 aromatic heterocycles. The first kappa shape index (κ1) is 16.2. The van der Waals surface area contributed by atoms with Gasteiger partial charge in [0, 0.05) is 12.2 Å². The molecule has 1 radical (unpaired) electrons. The molecule has 0 saturated carbocycles. The van der Waals surface area contributed by atoms with Crippen LogP contribution < -0.4 is 5.59 Å². The van der Waals surface area contributed by atoms with Crippen LogP contribution in [-0.4, -0.2) is 24.6 Å². The van der Waals surface area contributed by atoms with E-state index in [4.69, 9.17) is 9.94 Å². The summed E-state index contributed by atoms with van der Waals surface area (Å²) in [4.78, 5) is 0. The quantitative estimate of drug-likeness (QED) is 0.446. The highest BCUT2D eigenvalue weighted by molar-refractivity contribution is 5.90. The van der Waals surface area contributed by atoms with Crippen LogP contribution in [0.4, 0.5) is 0 Å². The number of hydrogen-bond acceptors (Lipinski definition) is 4. The van der Waals surface area contributed by atoms with Crippen molar-refractivity contribution in [2.24, 2.45) is 5.10 Å². The molecular weight excluding hydrogens is 276 g/mol. The number of nitrogens with zero attached hydrogens (tertiary/aromatic N) is 1. The molecule has 0 amide bonds. The molecule has 4 heteroatoms. The maximum atomic E-state index is 8.58. The standard InChI is InChI=1S/C18H21N2O2/c1-2-22-13-5-6-15-9-11-16(12-10-15)18-8-4-3-7-17(18)14-19-20-21/h3-5,7-12,14,20-21H,2,6,13H2,1H3. The monoisotopic (exact) mass is 297 g/mol. The van der Waals surface area contributed by atoms with Crippen molar-refractivity contribution in [2.45, 2.75) is 13.3 Å². The third-order valence-corrected chi connectivity index (χ3v) is 3.31. The Labute approximate surface area is 131 Å². The number of hydrazone groups is 1. The van der Waals surface area contributed by atoms with Gasteiger partial charge in [-0.2, -0.15) is 10.7 Å². The van der Waals surface area contributed by atoms with E-state index in [1.807, 2.05) is 31.2 Å². The van der Waals surface area contributed by atoms with Crippen molar-refractivity contribution >= 4 is 6.21 Å². The molecule has 2 aromatic rings. The number of ether oxygens (including phenoxy) is 1. The zero-order valence-electron chi connectivity index (χ0n) is 12.7. The van der Waals surface area contributed by atoms with E-state index in [1.54, 1.807) is 11.8 Å². The molecule has 0 aliphatic heterocycles. The Bertz CT molecular complexity index is 594. The number of benzene rings is 2. The minimum Gasteiger partial charge on any atom is -0.381 e. The van der Waals surface area contributed by atoms with E-state index < -0.39 is 0 Å². The fourth-order valence-corrected chi connectivity index (χ4v) is 2.22. The first-order valence-electron chi connectivity index (χ1n) is 7.35. The average molecular weight is 297 g/mol. The first-order valence-corrected chi connectivity index (χ1v) is 7.35. The van der Waals surface area contributed by atoms with Gasteiger partial charge in [0.25, 0.3) is 0 Å². The van der Waals surface area contributed by atoms with E-state index >= 15 is 0 Å². The molecule has 4 nitrogen and oxygen atoms in total. The summed E-state index contributed by atoms with van der Waals surface area (Å²) in [7, 11) is 0. The molecule has 0 aliphatic carbocycles. The summed E-state index contributed by atoms with van der Waals surface area (Å²) in [5.74, 6) is 0. The van der Waals surface area contributed by atoms with E-state index in [9.17, 15) is 0 Å². The Morgan fingerprint density at radius 2 is 1.91 bits per heavy atom. The highest BCUT2D eigenvalue weighted by atomic mass is 16.5. The van der Waals surface area contributed by atoms with E-state index in [2.05, 4.69) is 35.8 Å². The van der Waals surface area contributed by atoms with Gasteiger partial charge in [-0.25, -0.2) is 0 Å². The minimum atomic E-state index is 0.686. The summed E-state index contributed by atoms with van der Waals surface area (Å²) in [6.07, 6.45) is 4.63. The molecule has 0 unspecified atom stereocenters. The van der Waals surface area contributed by atoms with Crippen molar-refractivity contribution in [3.63, 3.8) is 0 Å². The fourth-order valence-electron chi connectivity index (χ4n) is 2.22. The van der Waals surface area contributed by atoms with Gasteiger partial charge < -0.3 is 4.74 Å². The Balaban J connectivity index is 2.09. The Hall–Kier alpha value is -2.17. The predicted octanol–water partition coefficient (Wildman–Crippen LogP) is 3.45. The van der Waals surface area contributed by atoms with Gasteiger partial charge in [-0.3, -0.25) is 5.21 Å². The van der Waals surface area contributed by atoms with Crippen molar-refractivity contribution in [2.75, 3.05) is 13.2 Å². The lowest BCUT2D eigenvalue weighted by atomic mass is 9.98. The highest BCUT2D eigenvalue weighted by Crippen LogP contribution is 2.23. The van der Waals surface area contributed by atoms with Crippen LogP contribution >= 0.6 is 0 Å². The molecule has 2 rings (SSSR count). The van der Waals surface area contributed by atoms with Crippen molar-refractivity contribution < 1.29 is 9.94 Å². The molecule has 0 bridgehead atoms. The van der Waals surface area contributed by atoms with Gasteiger partial charge in [0.1, 0.15) is 0 Å². The Morgan fingerprint density at radius 1 is 1.14 bits per heavy atom. The molecular formula is C18H21N2O2. The molecule has 2 aromatic carbocycles. The Kier molecular flexibility index (Phi) is 6.61. The summed E-state index contributed by atoms with van der Waals surface area (Å²) in [5, 5.41) is 12.2. The molecule has 2 N–H and O–H groups in total. The van der Waals surface area contributed by atoms with E-state index in [1.165, 1.54) is 5.56 Å². The lowest BCUT2D eigenvalue weighted by Gasteiger charge is -2.07. The second-order valence-electron chi connectivity index (χ2n) is 4.79. The van der Waals surface area contributed by atoms with Gasteiger partial charge in [-0.15, -0.1) is 0 Å². The van der Waals surface area contributed by atoms with Gasteiger partial charge in [-0.05, 0) is 36.5 Å². The van der Waals surface area contributed by atoms with Crippen LogP contribution in [0.25, 0.3) is 11.1 Å². The molecule has 22 heavy (non-hydrogen) atoms. The minimum absolute atomic E-state index is 0.686. The van der Waals surface area contributed by atoms with Crippen LogP contribution in [0.5, 0.6) is 0 Å². The van der Waals surface area contributed by atoms with Crippen LogP contribution in [-0.2, 0) is 11.2 Å². The van der Waals surface area contributed by atoms with Crippen molar-refractivity contribution in [1.29, 1.82) is 0 Å². The van der Waals surface area contributed by atoms with Crippen molar-refractivity contribution in [3.8, 4) is 11.1 Å². The highest BCUT2D eigenvalue weighted by Gasteiger charge is 2.03. The predicted molar refractivity (Wildman–Crippen MR) is 88.9 cm³/mol. The van der Waals surface area contributed by atoms with Crippen LogP contribution in [0.3, 0.4) is 0 Å². The van der Waals surface area contributed by atoms with Gasteiger partial charge >= 0.3 is 0 Å². The molecule has 0 heterocycles. The molecule has 0 spiro atoms. The van der Waals surface area contributed by atoms with E-state index in [0.717, 1.165) is 29.7 Å². The third kappa shape index (κ3) is 4.69. The van der Waals surface area contributed by atoms with Crippen LogP contribution in [0.1, 0.15) is 18.1 Å². The first-order chi connectivity index (χ1) is 10.8. The lowest BCUT2D eigenvalue weighted by Crippen LogP contribution is -1.98. The average Bonchev–Trinajstić information content (AvgIpc) is 2.58. The summed E-state index contributed by atoms with van der Waals surface area (Å²) in [5.41, 5.74) is 6.19. The normalized spacial score (nSPS) is 11.0. The van der Waals surface area contributed by atoms with Crippen LogP contribution in [0, 0.1) is 6.42 Å². The molecule has 0 atom stereocenters. The summed E-state index contributed by atoms with van der Waals surface area (Å²) >= 11 is 0. The second kappa shape index (κ2) is 8.97. The molecule has 0 aliphatic rings. The van der Waals surface area contributed by atoms with Gasteiger partial charge in [0.2, 0.25) is 0 Å². The van der Waals surface area contributed by atoms with Crippen LogP contribution in [0.2, 0.25) is 0 Å². The summed E-state index contributed by atoms with van der Waals surface area (Å²) in [6.45, 7) is 3.43. The van der Waals surface area contributed by atoms with Crippen molar-refractivity contribution in [3.05, 3.63) is 66.1 Å². The van der Waals surface area contributed by atoms with Crippen molar-refractivity contribution in [1.82, 2.24) is 5.59 Å². The number of hydrogen-bond donors (Lipinski definition) is 2. The summed E-state index contributed by atoms with van der Waals surface area (Å²) < 4.78 is 5.31. The van der Waals surface area contributed by atoms with Gasteiger partial charge in [0.15, 0.2) is 0 Å². The topological polar surface area (TPSA) is 53.8 Å². The molecule has 0 fully saturated rings. The van der Waals surface area contributed by atoms with E-state index in [0.29, 0.717) is 6.61 Å². The van der Waals surface area contributed by atoms with Gasteiger partial charge in [-0.1, -0.05) is 48.5 Å². The fraction of sp³-hybridized carbons (Fsp3) is 0.222. The molecule has 115 valence electrons. The Morgan fingerprint density at radius 3 is 2.64 bits per heavy atom. The smallest absolute Gasteiger partial charge is 0.0571 e. The SMILES string of the molecule is CCOC[CH]Cc1ccc(-c2ccccc2C=NNO)cc1. The maximum Gasteiger partial charge on any atom is 0.0571 e. The number of rotatable bonds is 8. The second-order valence-corrected chi connectivity index (χ2v) is 4.79. The molecule has 0 saturated heterocycles. The van der Waals surface area contributed by atoms with Gasteiger partial charge in [0.05, 0.1) is 12.8 Å². The van der Waals surface area contributed by atoms with E-state index in [-0.39, 0.29) is 0 Å². The zero-order chi connectivity index (χ0) is 15.6. The maximum absolute atomic E-state index is 8.58. The number of nitrogens with one attached hydrogen (secondary N) is 1. The summed E-state index contributed by atoms with van der Waals surface area (Å²) in [6, 6.07) is 16.4. The lowest BCUT2D eigenvalue weighted by molar-refractivity contribution is 0.167. The largest absolute Gasteiger partial charge is 0.381 e. The third-order valence-electron chi connectivity index (χ3n) is 3.31. The van der Waals surface area contributed by atoms with Crippen LogP contribution in [0.15, 0.2) is 53.6 Å². The zero-order valence-corrected chi connectivity index (χ0v) is 12.7.